The van der Waals surface area contributed by atoms with Crippen LogP contribution in [0.4, 0.5) is 5.69 Å². The van der Waals surface area contributed by atoms with Gasteiger partial charge in [-0.3, -0.25) is 15.0 Å². The number of halogens is 1. The fourth-order valence-electron chi connectivity index (χ4n) is 3.64. The molecule has 0 saturated heterocycles. The summed E-state index contributed by atoms with van der Waals surface area (Å²) < 4.78 is 0. The van der Waals surface area contributed by atoms with E-state index < -0.39 is 0 Å². The van der Waals surface area contributed by atoms with E-state index in [2.05, 4.69) is 10.3 Å². The van der Waals surface area contributed by atoms with Gasteiger partial charge in [0.15, 0.2) is 11.6 Å². The normalized spacial score (nSPS) is 15.9. The van der Waals surface area contributed by atoms with Crippen molar-refractivity contribution in [2.45, 2.75) is 0 Å². The van der Waals surface area contributed by atoms with E-state index in [1.54, 1.807) is 36.4 Å². The molecule has 0 unspecified atom stereocenters. The summed E-state index contributed by atoms with van der Waals surface area (Å²) in [5, 5.41) is 11.3. The number of fused-ring (bicyclic) bond motifs is 3. The second-order valence-corrected chi connectivity index (χ2v) is 6.93. The van der Waals surface area contributed by atoms with Gasteiger partial charge in [-0.15, -0.1) is 0 Å². The lowest BCUT2D eigenvalue weighted by atomic mass is 9.83. The average Bonchev–Trinajstić information content (AvgIpc) is 3.02. The van der Waals surface area contributed by atoms with Crippen molar-refractivity contribution in [3.05, 3.63) is 99.1 Å². The van der Waals surface area contributed by atoms with Crippen molar-refractivity contribution in [2.24, 2.45) is 4.99 Å². The van der Waals surface area contributed by atoms with Crippen LogP contribution in [0.1, 0.15) is 43.0 Å². The molecule has 0 amide bonds. The zero-order valence-corrected chi connectivity index (χ0v) is 15.2. The summed E-state index contributed by atoms with van der Waals surface area (Å²) in [5.41, 5.74) is 2.96. The molecular formula is C22H12ClN3O2. The van der Waals surface area contributed by atoms with Gasteiger partial charge in [-0.2, -0.15) is 0 Å². The minimum absolute atomic E-state index is 0.234. The lowest BCUT2D eigenvalue weighted by molar-refractivity contribution is 0.0979. The number of aliphatic imine (C=N–C) groups is 1. The molecule has 28 heavy (non-hydrogen) atoms. The van der Waals surface area contributed by atoms with Gasteiger partial charge in [0, 0.05) is 22.3 Å². The number of rotatable bonds is 1. The first-order valence-corrected chi connectivity index (χ1v) is 8.99. The summed E-state index contributed by atoms with van der Waals surface area (Å²) in [5.74, 6) is 0.156. The molecule has 2 N–H and O–H groups in total. The number of hydrogen-bond acceptors (Lipinski definition) is 4. The van der Waals surface area contributed by atoms with Gasteiger partial charge in [-0.25, -0.2) is 4.99 Å². The minimum atomic E-state index is -0.287. The molecule has 1 aliphatic heterocycles. The van der Waals surface area contributed by atoms with Crippen molar-refractivity contribution in [1.29, 1.82) is 5.41 Å². The molecule has 0 radical (unpaired) electrons. The number of nitrogens with one attached hydrogen (secondary N) is 2. The van der Waals surface area contributed by atoms with Crippen LogP contribution in [0.3, 0.4) is 0 Å². The highest BCUT2D eigenvalue weighted by Crippen LogP contribution is 2.36. The largest absolute Gasteiger partial charge is 0.324 e. The van der Waals surface area contributed by atoms with Gasteiger partial charge < -0.3 is 5.32 Å². The molecule has 6 heteroatoms. The molecule has 0 spiro atoms. The third-order valence-electron chi connectivity index (χ3n) is 4.93. The summed E-state index contributed by atoms with van der Waals surface area (Å²) in [7, 11) is 0. The van der Waals surface area contributed by atoms with Crippen LogP contribution in [0.5, 0.6) is 0 Å². The quantitative estimate of drug-likeness (QED) is 0.517. The molecule has 0 fully saturated rings. The fraction of sp³-hybridized carbons (Fsp3) is 0. The molecule has 2 aliphatic rings. The van der Waals surface area contributed by atoms with Crippen molar-refractivity contribution in [1.82, 2.24) is 5.32 Å². The van der Waals surface area contributed by atoms with Crippen LogP contribution in [0.15, 0.2) is 65.7 Å². The number of benzene rings is 3. The lowest BCUT2D eigenvalue weighted by Crippen LogP contribution is -2.23. The number of ketones is 2. The van der Waals surface area contributed by atoms with Gasteiger partial charge >= 0.3 is 0 Å². The summed E-state index contributed by atoms with van der Waals surface area (Å²) in [6, 6.07) is 17.3. The van der Waals surface area contributed by atoms with E-state index in [4.69, 9.17) is 17.0 Å². The van der Waals surface area contributed by atoms with Crippen molar-refractivity contribution in [3.8, 4) is 0 Å². The molecule has 0 aromatic heterocycles. The van der Waals surface area contributed by atoms with Gasteiger partial charge in [-0.1, -0.05) is 60.1 Å². The van der Waals surface area contributed by atoms with E-state index in [0.717, 1.165) is 11.1 Å². The maximum absolute atomic E-state index is 13.2. The monoisotopic (exact) mass is 385 g/mol. The van der Waals surface area contributed by atoms with Crippen molar-refractivity contribution in [2.75, 3.05) is 0 Å². The fourth-order valence-corrected chi connectivity index (χ4v) is 3.90. The molecular weight excluding hydrogens is 374 g/mol. The van der Waals surface area contributed by atoms with Gasteiger partial charge in [-0.05, 0) is 12.1 Å². The van der Waals surface area contributed by atoms with Gasteiger partial charge in [0.2, 0.25) is 0 Å². The number of carbonyl (C=O) groups is 2. The Bertz CT molecular complexity index is 1260. The van der Waals surface area contributed by atoms with E-state index in [1.807, 2.05) is 24.3 Å². The standard InChI is InChI=1S/C22H12ClN3O2/c23-15-9-3-7-13-17(15)19(27)14-8-4-10-16(18(14)20(13)28)25-22-12-6-2-1-5-11(12)21(24)26-22/h1-10H,(H2,24,25,26). The second kappa shape index (κ2) is 5.97. The maximum atomic E-state index is 13.2. The molecule has 134 valence electrons. The van der Waals surface area contributed by atoms with Crippen molar-refractivity contribution < 1.29 is 9.59 Å². The molecule has 1 heterocycles. The molecule has 0 bridgehead atoms. The second-order valence-electron chi connectivity index (χ2n) is 6.53. The van der Waals surface area contributed by atoms with Crippen LogP contribution in [-0.2, 0) is 0 Å². The Labute approximate surface area is 165 Å². The topological polar surface area (TPSA) is 82.4 Å². The number of carbonyl (C=O) groups excluding carboxylic acids is 2. The Morgan fingerprint density at radius 3 is 2.14 bits per heavy atom. The van der Waals surface area contributed by atoms with Gasteiger partial charge in [0.25, 0.3) is 0 Å². The number of nitrogens with zero attached hydrogens (tertiary/aromatic N) is 1. The summed E-state index contributed by atoms with van der Waals surface area (Å²) in [6.07, 6.45) is 0. The molecule has 0 atom stereocenters. The lowest BCUT2D eigenvalue weighted by Gasteiger charge is -2.19. The van der Waals surface area contributed by atoms with E-state index in [9.17, 15) is 9.59 Å². The number of hydrogen-bond donors (Lipinski definition) is 2. The summed E-state index contributed by atoms with van der Waals surface area (Å²) in [4.78, 5) is 30.7. The predicted molar refractivity (Wildman–Crippen MR) is 107 cm³/mol. The molecule has 1 aliphatic carbocycles. The zero-order chi connectivity index (χ0) is 19.4. The van der Waals surface area contributed by atoms with Crippen LogP contribution in [0.2, 0.25) is 5.02 Å². The SMILES string of the molecule is N=C1NC(=Nc2cccc3c2C(=O)c2cccc(Cl)c2C3=O)c2ccccc21. The van der Waals surface area contributed by atoms with E-state index >= 15 is 0 Å². The summed E-state index contributed by atoms with van der Waals surface area (Å²) in [6.45, 7) is 0. The van der Waals surface area contributed by atoms with Crippen LogP contribution < -0.4 is 5.32 Å². The van der Waals surface area contributed by atoms with Gasteiger partial charge in [0.05, 0.1) is 21.8 Å². The predicted octanol–water partition coefficient (Wildman–Crippen LogP) is 4.12. The first-order chi connectivity index (χ1) is 13.6. The average molecular weight is 386 g/mol. The Kier molecular flexibility index (Phi) is 3.54. The van der Waals surface area contributed by atoms with Crippen molar-refractivity contribution >= 4 is 40.5 Å². The van der Waals surface area contributed by atoms with E-state index in [-0.39, 0.29) is 44.7 Å². The van der Waals surface area contributed by atoms with E-state index in [1.165, 1.54) is 0 Å². The minimum Gasteiger partial charge on any atom is -0.324 e. The Hall–Kier alpha value is -3.57. The van der Waals surface area contributed by atoms with Crippen LogP contribution in [0.25, 0.3) is 0 Å². The van der Waals surface area contributed by atoms with Crippen molar-refractivity contribution in [3.63, 3.8) is 0 Å². The zero-order valence-electron chi connectivity index (χ0n) is 14.4. The third-order valence-corrected chi connectivity index (χ3v) is 5.24. The third kappa shape index (κ3) is 2.27. The molecule has 0 saturated carbocycles. The number of amidine groups is 2. The Morgan fingerprint density at radius 1 is 0.750 bits per heavy atom. The highest BCUT2D eigenvalue weighted by atomic mass is 35.5. The molecule has 5 nitrogen and oxygen atoms in total. The maximum Gasteiger partial charge on any atom is 0.196 e. The smallest absolute Gasteiger partial charge is 0.196 e. The molecule has 3 aromatic rings. The first kappa shape index (κ1) is 16.6. The van der Waals surface area contributed by atoms with E-state index in [0.29, 0.717) is 11.5 Å². The Morgan fingerprint density at radius 2 is 1.36 bits per heavy atom. The Balaban J connectivity index is 1.71. The highest BCUT2D eigenvalue weighted by molar-refractivity contribution is 6.39. The summed E-state index contributed by atoms with van der Waals surface area (Å²) >= 11 is 6.18. The molecule has 3 aromatic carbocycles. The molecule has 5 rings (SSSR count). The van der Waals surface area contributed by atoms with Crippen LogP contribution in [0, 0.1) is 5.41 Å². The van der Waals surface area contributed by atoms with Crippen LogP contribution in [-0.4, -0.2) is 23.2 Å². The first-order valence-electron chi connectivity index (χ1n) is 8.61. The van der Waals surface area contributed by atoms with Crippen LogP contribution >= 0.6 is 11.6 Å². The van der Waals surface area contributed by atoms with Gasteiger partial charge in [0.1, 0.15) is 11.7 Å². The highest BCUT2D eigenvalue weighted by Gasteiger charge is 2.33.